The molecule has 22 heavy (non-hydrogen) atoms. The first-order valence-electron chi connectivity index (χ1n) is 7.57. The van der Waals surface area contributed by atoms with Gasteiger partial charge in [0.2, 0.25) is 11.8 Å². The first kappa shape index (κ1) is 18.0. The molecule has 0 bridgehead atoms. The molecule has 0 saturated carbocycles. The van der Waals surface area contributed by atoms with Crippen LogP contribution in [0.15, 0.2) is 12.3 Å². The fourth-order valence-corrected chi connectivity index (χ4v) is 1.51. The molecule has 0 aliphatic rings. The van der Waals surface area contributed by atoms with Gasteiger partial charge in [-0.25, -0.2) is 9.78 Å². The van der Waals surface area contributed by atoms with E-state index in [1.165, 1.54) is 0 Å². The second kappa shape index (κ2) is 9.07. The van der Waals surface area contributed by atoms with E-state index in [9.17, 15) is 4.79 Å². The summed E-state index contributed by atoms with van der Waals surface area (Å²) in [5, 5.41) is 5.79. The highest BCUT2D eigenvalue weighted by atomic mass is 16.6. The monoisotopic (exact) mass is 310 g/mol. The number of aromatic nitrogens is 2. The van der Waals surface area contributed by atoms with E-state index in [2.05, 4.69) is 20.6 Å². The Labute approximate surface area is 131 Å². The predicted octanol–water partition coefficient (Wildman–Crippen LogP) is 2.59. The number of hydrogen-bond donors (Lipinski definition) is 2. The molecule has 0 unspecified atom stereocenters. The first-order valence-corrected chi connectivity index (χ1v) is 7.57. The van der Waals surface area contributed by atoms with Crippen molar-refractivity contribution in [2.45, 2.75) is 46.1 Å². The Bertz CT molecular complexity index is 460. The predicted molar refractivity (Wildman–Crippen MR) is 85.2 cm³/mol. The number of amides is 1. The number of carbonyl (C=O) groups excluding carboxylic acids is 1. The SMILES string of the molecule is CCCOc1ccnc(NCCCNC(=O)OC(C)(C)C)n1. The van der Waals surface area contributed by atoms with Gasteiger partial charge >= 0.3 is 6.09 Å². The molecule has 2 N–H and O–H groups in total. The minimum absolute atomic E-state index is 0.404. The van der Waals surface area contributed by atoms with Gasteiger partial charge in [-0.2, -0.15) is 4.98 Å². The van der Waals surface area contributed by atoms with E-state index in [1.54, 1.807) is 12.3 Å². The lowest BCUT2D eigenvalue weighted by Gasteiger charge is -2.19. The molecule has 0 aliphatic carbocycles. The van der Waals surface area contributed by atoms with Crippen molar-refractivity contribution in [3.8, 4) is 5.88 Å². The fraction of sp³-hybridized carbons (Fsp3) is 0.667. The molecule has 0 atom stereocenters. The number of nitrogens with zero attached hydrogens (tertiary/aromatic N) is 2. The van der Waals surface area contributed by atoms with Gasteiger partial charge in [0.25, 0.3) is 0 Å². The van der Waals surface area contributed by atoms with Crippen LogP contribution in [-0.2, 0) is 4.74 Å². The van der Waals surface area contributed by atoms with Crippen LogP contribution in [0.5, 0.6) is 5.88 Å². The Morgan fingerprint density at radius 1 is 1.32 bits per heavy atom. The molecule has 7 nitrogen and oxygen atoms in total. The molecule has 1 amide bonds. The van der Waals surface area contributed by atoms with Crippen molar-refractivity contribution in [2.24, 2.45) is 0 Å². The third-order valence-corrected chi connectivity index (χ3v) is 2.39. The maximum atomic E-state index is 11.4. The summed E-state index contributed by atoms with van der Waals surface area (Å²) in [6.07, 6.45) is 2.92. The lowest BCUT2D eigenvalue weighted by atomic mass is 10.2. The number of carbonyl (C=O) groups is 1. The lowest BCUT2D eigenvalue weighted by Crippen LogP contribution is -2.33. The van der Waals surface area contributed by atoms with Crippen molar-refractivity contribution in [1.82, 2.24) is 15.3 Å². The van der Waals surface area contributed by atoms with Crippen LogP contribution in [0.25, 0.3) is 0 Å². The summed E-state index contributed by atoms with van der Waals surface area (Å²) in [5.74, 6) is 1.08. The molecule has 0 aromatic carbocycles. The molecule has 0 spiro atoms. The van der Waals surface area contributed by atoms with E-state index < -0.39 is 11.7 Å². The Morgan fingerprint density at radius 2 is 2.09 bits per heavy atom. The van der Waals surface area contributed by atoms with Gasteiger partial charge in [-0.1, -0.05) is 6.92 Å². The van der Waals surface area contributed by atoms with E-state index >= 15 is 0 Å². The summed E-state index contributed by atoms with van der Waals surface area (Å²) in [4.78, 5) is 19.8. The number of rotatable bonds is 8. The molecule has 0 fully saturated rings. The van der Waals surface area contributed by atoms with E-state index in [-0.39, 0.29) is 0 Å². The fourth-order valence-electron chi connectivity index (χ4n) is 1.51. The van der Waals surface area contributed by atoms with Gasteiger partial charge in [-0.15, -0.1) is 0 Å². The van der Waals surface area contributed by atoms with Gasteiger partial charge in [-0.05, 0) is 33.6 Å². The molecule has 1 heterocycles. The first-order chi connectivity index (χ1) is 10.4. The largest absolute Gasteiger partial charge is 0.478 e. The van der Waals surface area contributed by atoms with Crippen LogP contribution >= 0.6 is 0 Å². The quantitative estimate of drug-likeness (QED) is 0.718. The molecule has 1 aromatic rings. The molecule has 124 valence electrons. The van der Waals surface area contributed by atoms with Crippen molar-refractivity contribution in [1.29, 1.82) is 0 Å². The van der Waals surface area contributed by atoms with Crippen LogP contribution in [0.3, 0.4) is 0 Å². The van der Waals surface area contributed by atoms with Crippen LogP contribution < -0.4 is 15.4 Å². The van der Waals surface area contributed by atoms with Crippen molar-refractivity contribution in [2.75, 3.05) is 25.0 Å². The molecule has 1 aromatic heterocycles. The van der Waals surface area contributed by atoms with E-state index in [0.29, 0.717) is 31.5 Å². The molecular weight excluding hydrogens is 284 g/mol. The average Bonchev–Trinajstić information content (AvgIpc) is 2.43. The number of hydrogen-bond acceptors (Lipinski definition) is 6. The number of alkyl carbamates (subject to hydrolysis) is 1. The minimum Gasteiger partial charge on any atom is -0.478 e. The standard InChI is InChI=1S/C15H26N4O3/c1-5-11-21-12-7-10-17-13(19-12)16-8-6-9-18-14(20)22-15(2,3)4/h7,10H,5-6,8-9,11H2,1-4H3,(H,18,20)(H,16,17,19). The normalized spacial score (nSPS) is 10.9. The molecule has 0 saturated heterocycles. The summed E-state index contributed by atoms with van der Waals surface area (Å²) >= 11 is 0. The van der Waals surface area contributed by atoms with Gasteiger partial charge in [-0.3, -0.25) is 0 Å². The highest BCUT2D eigenvalue weighted by Gasteiger charge is 2.15. The Balaban J connectivity index is 2.20. The van der Waals surface area contributed by atoms with Crippen molar-refractivity contribution >= 4 is 12.0 Å². The zero-order chi connectivity index (χ0) is 16.4. The Kier molecular flexibility index (Phi) is 7.42. The minimum atomic E-state index is -0.477. The van der Waals surface area contributed by atoms with Crippen molar-refractivity contribution < 1.29 is 14.3 Å². The number of ether oxygens (including phenoxy) is 2. The van der Waals surface area contributed by atoms with Crippen LogP contribution in [-0.4, -0.2) is 41.4 Å². The topological polar surface area (TPSA) is 85.4 Å². The van der Waals surface area contributed by atoms with Crippen LogP contribution in [0.4, 0.5) is 10.7 Å². The Morgan fingerprint density at radius 3 is 2.77 bits per heavy atom. The Hall–Kier alpha value is -2.05. The zero-order valence-electron chi connectivity index (χ0n) is 13.8. The number of anilines is 1. The maximum Gasteiger partial charge on any atom is 0.407 e. The third-order valence-electron chi connectivity index (χ3n) is 2.39. The van der Waals surface area contributed by atoms with Crippen LogP contribution in [0, 0.1) is 0 Å². The summed E-state index contributed by atoms with van der Waals surface area (Å²) in [5.41, 5.74) is -0.477. The third kappa shape index (κ3) is 8.28. The van der Waals surface area contributed by atoms with E-state index in [4.69, 9.17) is 9.47 Å². The van der Waals surface area contributed by atoms with Gasteiger partial charge in [0.05, 0.1) is 6.61 Å². The lowest BCUT2D eigenvalue weighted by molar-refractivity contribution is 0.0528. The summed E-state index contributed by atoms with van der Waals surface area (Å²) in [7, 11) is 0. The summed E-state index contributed by atoms with van der Waals surface area (Å²) < 4.78 is 10.6. The molecule has 7 heteroatoms. The van der Waals surface area contributed by atoms with Crippen LogP contribution in [0.1, 0.15) is 40.5 Å². The van der Waals surface area contributed by atoms with Crippen molar-refractivity contribution in [3.05, 3.63) is 12.3 Å². The van der Waals surface area contributed by atoms with Gasteiger partial charge in [0.15, 0.2) is 0 Å². The second-order valence-electron chi connectivity index (χ2n) is 5.78. The molecule has 0 aliphatic heterocycles. The van der Waals surface area contributed by atoms with Crippen molar-refractivity contribution in [3.63, 3.8) is 0 Å². The zero-order valence-corrected chi connectivity index (χ0v) is 13.8. The van der Waals surface area contributed by atoms with E-state index in [1.807, 2.05) is 27.7 Å². The van der Waals surface area contributed by atoms with Gasteiger partial charge in [0.1, 0.15) is 5.60 Å². The molecule has 1 rings (SSSR count). The average molecular weight is 310 g/mol. The highest BCUT2D eigenvalue weighted by Crippen LogP contribution is 2.08. The summed E-state index contributed by atoms with van der Waals surface area (Å²) in [6.45, 7) is 9.34. The van der Waals surface area contributed by atoms with Gasteiger partial charge < -0.3 is 20.1 Å². The maximum absolute atomic E-state index is 11.4. The highest BCUT2D eigenvalue weighted by molar-refractivity contribution is 5.67. The van der Waals surface area contributed by atoms with E-state index in [0.717, 1.165) is 12.8 Å². The molecule has 0 radical (unpaired) electrons. The molecular formula is C15H26N4O3. The second-order valence-corrected chi connectivity index (χ2v) is 5.78. The smallest absolute Gasteiger partial charge is 0.407 e. The number of nitrogens with one attached hydrogen (secondary N) is 2. The summed E-state index contributed by atoms with van der Waals surface area (Å²) in [6, 6.07) is 1.73. The van der Waals surface area contributed by atoms with Crippen LogP contribution in [0.2, 0.25) is 0 Å². The van der Waals surface area contributed by atoms with Gasteiger partial charge in [0, 0.05) is 25.4 Å².